The van der Waals surface area contributed by atoms with Crippen LogP contribution in [0, 0.1) is 17.8 Å². The zero-order chi connectivity index (χ0) is 14.3. The van der Waals surface area contributed by atoms with Crippen LogP contribution < -0.4 is 10.6 Å². The van der Waals surface area contributed by atoms with E-state index in [-0.39, 0.29) is 23.7 Å². The number of fused-ring (bicyclic) bond motifs is 2. The van der Waals surface area contributed by atoms with Gasteiger partial charge in [0.2, 0.25) is 11.8 Å². The van der Waals surface area contributed by atoms with Gasteiger partial charge in [-0.2, -0.15) is 0 Å². The van der Waals surface area contributed by atoms with Gasteiger partial charge in [-0.1, -0.05) is 18.2 Å². The molecule has 0 aliphatic heterocycles. The SMILES string of the molecule is CC(=O)N(C(=O)C1CC2C=CC1C2)c1cccc(N)c1. The number of nitrogens with zero attached hydrogens (tertiary/aromatic N) is 1. The molecule has 3 unspecified atom stereocenters. The molecule has 0 radical (unpaired) electrons. The first-order valence-corrected chi connectivity index (χ1v) is 6.94. The molecule has 1 fully saturated rings. The fraction of sp³-hybridized carbons (Fsp3) is 0.375. The summed E-state index contributed by atoms with van der Waals surface area (Å²) >= 11 is 0. The van der Waals surface area contributed by atoms with E-state index in [1.54, 1.807) is 24.3 Å². The fourth-order valence-electron chi connectivity index (χ4n) is 3.36. The highest BCUT2D eigenvalue weighted by Gasteiger charge is 2.42. The van der Waals surface area contributed by atoms with Gasteiger partial charge < -0.3 is 5.73 Å². The molecule has 2 N–H and O–H groups in total. The predicted octanol–water partition coefficient (Wildman–Crippen LogP) is 2.36. The van der Waals surface area contributed by atoms with Crippen molar-refractivity contribution in [2.24, 2.45) is 17.8 Å². The van der Waals surface area contributed by atoms with Crippen LogP contribution >= 0.6 is 0 Å². The van der Waals surface area contributed by atoms with Crippen LogP contribution in [0.1, 0.15) is 19.8 Å². The zero-order valence-corrected chi connectivity index (χ0v) is 11.5. The highest BCUT2D eigenvalue weighted by Crippen LogP contribution is 2.44. The number of rotatable bonds is 2. The van der Waals surface area contributed by atoms with E-state index in [1.165, 1.54) is 11.8 Å². The van der Waals surface area contributed by atoms with Crippen LogP contribution in [-0.2, 0) is 9.59 Å². The summed E-state index contributed by atoms with van der Waals surface area (Å²) in [4.78, 5) is 25.9. The van der Waals surface area contributed by atoms with Crippen LogP contribution in [0.15, 0.2) is 36.4 Å². The molecule has 4 heteroatoms. The maximum atomic E-state index is 12.7. The lowest BCUT2D eigenvalue weighted by Crippen LogP contribution is -2.41. The Morgan fingerprint density at radius 2 is 2.05 bits per heavy atom. The summed E-state index contributed by atoms with van der Waals surface area (Å²) in [5.41, 5.74) is 6.86. The lowest BCUT2D eigenvalue weighted by atomic mass is 9.92. The Kier molecular flexibility index (Phi) is 3.08. The number of carbonyl (C=O) groups excluding carboxylic acids is 2. The first kappa shape index (κ1) is 12.9. The van der Waals surface area contributed by atoms with Crippen molar-refractivity contribution in [3.05, 3.63) is 36.4 Å². The van der Waals surface area contributed by atoms with Gasteiger partial charge in [0.05, 0.1) is 5.69 Å². The van der Waals surface area contributed by atoms with E-state index < -0.39 is 0 Å². The van der Waals surface area contributed by atoms with E-state index in [4.69, 9.17) is 5.73 Å². The van der Waals surface area contributed by atoms with Gasteiger partial charge in [-0.25, -0.2) is 0 Å². The van der Waals surface area contributed by atoms with Crippen molar-refractivity contribution >= 4 is 23.2 Å². The van der Waals surface area contributed by atoms with Crippen molar-refractivity contribution in [2.75, 3.05) is 10.6 Å². The number of imide groups is 1. The summed E-state index contributed by atoms with van der Waals surface area (Å²) in [6.45, 7) is 1.42. The van der Waals surface area contributed by atoms with Crippen molar-refractivity contribution in [2.45, 2.75) is 19.8 Å². The van der Waals surface area contributed by atoms with Crippen molar-refractivity contribution < 1.29 is 9.59 Å². The van der Waals surface area contributed by atoms with Crippen LogP contribution in [0.3, 0.4) is 0 Å². The number of hydrogen-bond acceptors (Lipinski definition) is 3. The van der Waals surface area contributed by atoms with Gasteiger partial charge in [-0.05, 0) is 42.9 Å². The minimum absolute atomic E-state index is 0.0738. The Balaban J connectivity index is 1.89. The monoisotopic (exact) mass is 270 g/mol. The third kappa shape index (κ3) is 2.11. The molecule has 0 saturated heterocycles. The van der Waals surface area contributed by atoms with Gasteiger partial charge >= 0.3 is 0 Å². The minimum atomic E-state index is -0.257. The molecule has 2 aliphatic carbocycles. The molecule has 0 aromatic heterocycles. The van der Waals surface area contributed by atoms with Gasteiger partial charge in [0, 0.05) is 18.5 Å². The molecule has 1 saturated carbocycles. The second-order valence-electron chi connectivity index (χ2n) is 5.67. The molecule has 1 aromatic carbocycles. The highest BCUT2D eigenvalue weighted by atomic mass is 16.2. The van der Waals surface area contributed by atoms with Crippen LogP contribution in [0.25, 0.3) is 0 Å². The Hall–Kier alpha value is -2.10. The van der Waals surface area contributed by atoms with Crippen LogP contribution in [0.5, 0.6) is 0 Å². The smallest absolute Gasteiger partial charge is 0.237 e. The maximum absolute atomic E-state index is 12.7. The van der Waals surface area contributed by atoms with Gasteiger partial charge in [0.25, 0.3) is 0 Å². The van der Waals surface area contributed by atoms with Crippen molar-refractivity contribution in [3.63, 3.8) is 0 Å². The molecule has 1 aromatic rings. The standard InChI is InChI=1S/C16H18N2O2/c1-10(19)18(14-4-2-3-13(17)9-14)16(20)15-8-11-5-6-12(15)7-11/h2-6,9,11-12,15H,7-8,17H2,1H3. The first-order valence-electron chi connectivity index (χ1n) is 6.94. The third-order valence-electron chi connectivity index (χ3n) is 4.26. The zero-order valence-electron chi connectivity index (χ0n) is 11.5. The number of allylic oxidation sites excluding steroid dienone is 2. The van der Waals surface area contributed by atoms with Crippen LogP contribution in [-0.4, -0.2) is 11.8 Å². The normalized spacial score (nSPS) is 26.8. The van der Waals surface area contributed by atoms with E-state index >= 15 is 0 Å². The quantitative estimate of drug-likeness (QED) is 0.663. The Bertz CT molecular complexity index is 594. The molecule has 0 heterocycles. The molecule has 3 atom stereocenters. The first-order chi connectivity index (χ1) is 9.56. The number of carbonyl (C=O) groups is 2. The predicted molar refractivity (Wildman–Crippen MR) is 77.9 cm³/mol. The average molecular weight is 270 g/mol. The van der Waals surface area contributed by atoms with Gasteiger partial charge in [-0.15, -0.1) is 0 Å². The summed E-state index contributed by atoms with van der Waals surface area (Å²) in [5, 5.41) is 0. The maximum Gasteiger partial charge on any atom is 0.237 e. The van der Waals surface area contributed by atoms with Crippen LogP contribution in [0.2, 0.25) is 0 Å². The summed E-state index contributed by atoms with van der Waals surface area (Å²) in [6.07, 6.45) is 6.20. The summed E-state index contributed by atoms with van der Waals surface area (Å²) in [7, 11) is 0. The second-order valence-corrected chi connectivity index (χ2v) is 5.67. The van der Waals surface area contributed by atoms with Gasteiger partial charge in [-0.3, -0.25) is 14.5 Å². The molecule has 4 nitrogen and oxygen atoms in total. The van der Waals surface area contributed by atoms with Crippen molar-refractivity contribution in [1.82, 2.24) is 0 Å². The number of anilines is 2. The molecular weight excluding hydrogens is 252 g/mol. The van der Waals surface area contributed by atoms with E-state index in [9.17, 15) is 9.59 Å². The summed E-state index contributed by atoms with van der Waals surface area (Å²) in [6, 6.07) is 6.92. The lowest BCUT2D eigenvalue weighted by Gasteiger charge is -2.26. The Morgan fingerprint density at radius 3 is 2.60 bits per heavy atom. The minimum Gasteiger partial charge on any atom is -0.399 e. The molecular formula is C16H18N2O2. The second kappa shape index (κ2) is 4.78. The Morgan fingerprint density at radius 1 is 1.25 bits per heavy atom. The number of benzene rings is 1. The van der Waals surface area contributed by atoms with Gasteiger partial charge in [0.15, 0.2) is 0 Å². The van der Waals surface area contributed by atoms with E-state index in [2.05, 4.69) is 12.2 Å². The molecule has 2 bridgehead atoms. The van der Waals surface area contributed by atoms with E-state index in [0.29, 0.717) is 17.3 Å². The Labute approximate surface area is 118 Å². The van der Waals surface area contributed by atoms with Crippen LogP contribution in [0.4, 0.5) is 11.4 Å². The van der Waals surface area contributed by atoms with E-state index in [1.807, 2.05) is 0 Å². The summed E-state index contributed by atoms with van der Waals surface area (Å²) < 4.78 is 0. The fourth-order valence-corrected chi connectivity index (χ4v) is 3.36. The molecule has 20 heavy (non-hydrogen) atoms. The number of nitrogens with two attached hydrogens (primary N) is 1. The number of amides is 2. The van der Waals surface area contributed by atoms with Crippen molar-refractivity contribution in [1.29, 1.82) is 0 Å². The largest absolute Gasteiger partial charge is 0.399 e. The summed E-state index contributed by atoms with van der Waals surface area (Å²) in [5.74, 6) is 0.363. The molecule has 0 spiro atoms. The lowest BCUT2D eigenvalue weighted by molar-refractivity contribution is -0.128. The topological polar surface area (TPSA) is 63.4 Å². The highest BCUT2D eigenvalue weighted by molar-refractivity contribution is 6.15. The molecule has 104 valence electrons. The number of hydrogen-bond donors (Lipinski definition) is 1. The third-order valence-corrected chi connectivity index (χ3v) is 4.26. The average Bonchev–Trinajstić information content (AvgIpc) is 3.00. The molecule has 2 aliphatic rings. The molecule has 2 amide bonds. The van der Waals surface area contributed by atoms with Gasteiger partial charge in [0.1, 0.15) is 0 Å². The number of nitrogen functional groups attached to an aromatic ring is 1. The van der Waals surface area contributed by atoms with Crippen molar-refractivity contribution in [3.8, 4) is 0 Å². The van der Waals surface area contributed by atoms with E-state index in [0.717, 1.165) is 12.8 Å². The molecule has 3 rings (SSSR count).